The lowest BCUT2D eigenvalue weighted by atomic mass is 10.1. The maximum Gasteiger partial charge on any atom is 0.254 e. The van der Waals surface area contributed by atoms with Crippen LogP contribution in [0, 0.1) is 6.92 Å². The van der Waals surface area contributed by atoms with Crippen LogP contribution in [0.4, 0.5) is 0 Å². The molecule has 3 heterocycles. The van der Waals surface area contributed by atoms with Crippen LogP contribution < -0.4 is 0 Å². The Kier molecular flexibility index (Phi) is 3.71. The van der Waals surface area contributed by atoms with E-state index in [4.69, 9.17) is 0 Å². The minimum absolute atomic E-state index is 0.0284. The van der Waals surface area contributed by atoms with Gasteiger partial charge in [-0.25, -0.2) is 4.99 Å². The molecule has 0 saturated heterocycles. The normalized spacial score (nSPS) is 19.5. The van der Waals surface area contributed by atoms with Crippen LogP contribution in [0.2, 0.25) is 0 Å². The van der Waals surface area contributed by atoms with E-state index in [1.807, 2.05) is 49.9 Å². The maximum atomic E-state index is 12.9. The number of amidine groups is 1. The lowest BCUT2D eigenvalue weighted by Crippen LogP contribution is -2.41. The van der Waals surface area contributed by atoms with E-state index in [1.54, 1.807) is 0 Å². The van der Waals surface area contributed by atoms with Gasteiger partial charge in [0.25, 0.3) is 5.91 Å². The van der Waals surface area contributed by atoms with Crippen LogP contribution in [0.1, 0.15) is 47.5 Å². The molecular formula is C18H20N6O. The highest BCUT2D eigenvalue weighted by molar-refractivity contribution is 6.10. The predicted molar refractivity (Wildman–Crippen MR) is 95.2 cm³/mol. The average molecular weight is 336 g/mol. The van der Waals surface area contributed by atoms with E-state index in [0.29, 0.717) is 25.2 Å². The van der Waals surface area contributed by atoms with Gasteiger partial charge < -0.3 is 9.47 Å². The summed E-state index contributed by atoms with van der Waals surface area (Å²) in [6, 6.07) is 7.55. The summed E-state index contributed by atoms with van der Waals surface area (Å²) < 4.78 is 2.07. The third kappa shape index (κ3) is 2.65. The van der Waals surface area contributed by atoms with Crippen molar-refractivity contribution in [1.29, 1.82) is 0 Å². The molecule has 0 saturated carbocycles. The fourth-order valence-corrected chi connectivity index (χ4v) is 3.31. The number of fused-ring (bicyclic) bond motifs is 1. The number of aryl methyl sites for hydroxylation is 1. The lowest BCUT2D eigenvalue weighted by Gasteiger charge is -2.33. The first-order valence-corrected chi connectivity index (χ1v) is 8.44. The molecule has 0 radical (unpaired) electrons. The van der Waals surface area contributed by atoms with Crippen molar-refractivity contribution in [3.05, 3.63) is 47.0 Å². The number of hydrogen-bond acceptors (Lipinski definition) is 5. The summed E-state index contributed by atoms with van der Waals surface area (Å²) in [5.74, 6) is 2.37. The Morgan fingerprint density at radius 3 is 2.56 bits per heavy atom. The monoisotopic (exact) mass is 336 g/mol. The minimum Gasteiger partial charge on any atom is -0.327 e. The molecule has 2 aliphatic rings. The molecule has 1 aromatic carbocycles. The smallest absolute Gasteiger partial charge is 0.254 e. The van der Waals surface area contributed by atoms with Gasteiger partial charge in [-0.3, -0.25) is 9.79 Å². The van der Waals surface area contributed by atoms with Crippen LogP contribution in [0.25, 0.3) is 0 Å². The SMILES string of the molecule is CC1=NCC(c2nnc3n2CCN(C(=O)c2ccc(C)cc2)[C@@H]3C)=N1. The van der Waals surface area contributed by atoms with Crippen LogP contribution in [0.15, 0.2) is 34.3 Å². The highest BCUT2D eigenvalue weighted by Crippen LogP contribution is 2.26. The van der Waals surface area contributed by atoms with Gasteiger partial charge in [0, 0.05) is 18.7 Å². The summed E-state index contributed by atoms with van der Waals surface area (Å²) in [7, 11) is 0. The van der Waals surface area contributed by atoms with Crippen LogP contribution in [0.5, 0.6) is 0 Å². The first-order valence-electron chi connectivity index (χ1n) is 8.44. The van der Waals surface area contributed by atoms with E-state index < -0.39 is 0 Å². The van der Waals surface area contributed by atoms with Crippen molar-refractivity contribution in [3.63, 3.8) is 0 Å². The summed E-state index contributed by atoms with van der Waals surface area (Å²) in [6.45, 7) is 7.72. The molecule has 1 aromatic heterocycles. The molecule has 2 aromatic rings. The van der Waals surface area contributed by atoms with Crippen molar-refractivity contribution < 1.29 is 4.79 Å². The lowest BCUT2D eigenvalue weighted by molar-refractivity contribution is 0.0637. The topological polar surface area (TPSA) is 75.7 Å². The maximum absolute atomic E-state index is 12.9. The summed E-state index contributed by atoms with van der Waals surface area (Å²) in [5.41, 5.74) is 2.69. The van der Waals surface area contributed by atoms with Crippen LogP contribution in [0.3, 0.4) is 0 Å². The van der Waals surface area contributed by atoms with Crippen LogP contribution >= 0.6 is 0 Å². The van der Waals surface area contributed by atoms with E-state index in [2.05, 4.69) is 24.7 Å². The standard InChI is InChI=1S/C18H20N6O/c1-11-4-6-14(7-5-11)18(25)23-8-9-24-16(12(23)2)21-22-17(24)15-10-19-13(3)20-15/h4-7,12H,8-10H2,1-3H3/t12-/m1/s1. The van der Waals surface area contributed by atoms with Gasteiger partial charge in [-0.05, 0) is 32.9 Å². The summed E-state index contributed by atoms with van der Waals surface area (Å²) >= 11 is 0. The molecule has 0 N–H and O–H groups in total. The highest BCUT2D eigenvalue weighted by atomic mass is 16.2. The van der Waals surface area contributed by atoms with Crippen molar-refractivity contribution in [2.45, 2.75) is 33.4 Å². The number of hydrogen-bond donors (Lipinski definition) is 0. The van der Waals surface area contributed by atoms with Gasteiger partial charge in [0.05, 0.1) is 12.6 Å². The van der Waals surface area contributed by atoms with E-state index in [1.165, 1.54) is 0 Å². The van der Waals surface area contributed by atoms with Gasteiger partial charge in [0.1, 0.15) is 11.5 Å². The van der Waals surface area contributed by atoms with Gasteiger partial charge in [0.2, 0.25) is 0 Å². The Hall–Kier alpha value is -2.83. The molecule has 0 bridgehead atoms. The molecule has 7 heteroatoms. The van der Waals surface area contributed by atoms with Gasteiger partial charge in [-0.2, -0.15) is 0 Å². The third-order valence-corrected chi connectivity index (χ3v) is 4.76. The van der Waals surface area contributed by atoms with Crippen molar-refractivity contribution in [1.82, 2.24) is 19.7 Å². The predicted octanol–water partition coefficient (Wildman–Crippen LogP) is 2.02. The Balaban J connectivity index is 1.61. The Labute approximate surface area is 146 Å². The van der Waals surface area contributed by atoms with Gasteiger partial charge in [0.15, 0.2) is 11.6 Å². The fourth-order valence-electron chi connectivity index (χ4n) is 3.31. The summed E-state index contributed by atoms with van der Waals surface area (Å²) in [5, 5.41) is 8.65. The molecular weight excluding hydrogens is 316 g/mol. The third-order valence-electron chi connectivity index (χ3n) is 4.76. The number of amides is 1. The zero-order valence-corrected chi connectivity index (χ0v) is 14.6. The second kappa shape index (κ2) is 5.91. The van der Waals surface area contributed by atoms with E-state index in [9.17, 15) is 4.79 Å². The zero-order valence-electron chi connectivity index (χ0n) is 14.6. The molecule has 0 spiro atoms. The molecule has 1 atom stereocenters. The Bertz CT molecular complexity index is 893. The zero-order chi connectivity index (χ0) is 17.6. The molecule has 7 nitrogen and oxygen atoms in total. The Morgan fingerprint density at radius 1 is 1.12 bits per heavy atom. The van der Waals surface area contributed by atoms with Crippen molar-refractivity contribution in [3.8, 4) is 0 Å². The minimum atomic E-state index is -0.132. The molecule has 2 aliphatic heterocycles. The van der Waals surface area contributed by atoms with Gasteiger partial charge >= 0.3 is 0 Å². The van der Waals surface area contributed by atoms with Crippen molar-refractivity contribution in [2.24, 2.45) is 9.98 Å². The molecule has 128 valence electrons. The van der Waals surface area contributed by atoms with Crippen LogP contribution in [-0.2, 0) is 6.54 Å². The van der Waals surface area contributed by atoms with E-state index >= 15 is 0 Å². The largest absolute Gasteiger partial charge is 0.327 e. The summed E-state index contributed by atoms with van der Waals surface area (Å²) in [4.78, 5) is 23.5. The van der Waals surface area contributed by atoms with Crippen LogP contribution in [-0.4, -0.2) is 50.2 Å². The second-order valence-corrected chi connectivity index (χ2v) is 6.50. The second-order valence-electron chi connectivity index (χ2n) is 6.50. The van der Waals surface area contributed by atoms with Crippen molar-refractivity contribution >= 4 is 17.5 Å². The molecule has 0 aliphatic carbocycles. The molecule has 4 rings (SSSR count). The number of aliphatic imine (C=N–C) groups is 2. The number of rotatable bonds is 2. The molecule has 0 unspecified atom stereocenters. The molecule has 0 fully saturated rings. The average Bonchev–Trinajstić information content (AvgIpc) is 3.21. The highest BCUT2D eigenvalue weighted by Gasteiger charge is 2.33. The number of benzene rings is 1. The fraction of sp³-hybridized carbons (Fsp3) is 0.389. The van der Waals surface area contributed by atoms with Crippen molar-refractivity contribution in [2.75, 3.05) is 13.1 Å². The van der Waals surface area contributed by atoms with Gasteiger partial charge in [-0.1, -0.05) is 17.7 Å². The van der Waals surface area contributed by atoms with E-state index in [-0.39, 0.29) is 11.9 Å². The summed E-state index contributed by atoms with van der Waals surface area (Å²) in [6.07, 6.45) is 0. The molecule has 1 amide bonds. The number of carbonyl (C=O) groups excluding carboxylic acids is 1. The number of nitrogens with zero attached hydrogens (tertiary/aromatic N) is 6. The molecule has 25 heavy (non-hydrogen) atoms. The first kappa shape index (κ1) is 15.7. The number of carbonyl (C=O) groups is 1. The quantitative estimate of drug-likeness (QED) is 0.842. The van der Waals surface area contributed by atoms with E-state index in [0.717, 1.165) is 28.8 Å². The Morgan fingerprint density at radius 2 is 1.88 bits per heavy atom. The first-order chi connectivity index (χ1) is 12.0. The number of aromatic nitrogens is 3. The van der Waals surface area contributed by atoms with Gasteiger partial charge in [-0.15, -0.1) is 10.2 Å².